The van der Waals surface area contributed by atoms with Crippen molar-refractivity contribution < 1.29 is 13.9 Å². The predicted octanol–water partition coefficient (Wildman–Crippen LogP) is 2.80. The number of anilines is 2. The molecule has 2 rings (SSSR count). The van der Waals surface area contributed by atoms with Gasteiger partial charge in [0.2, 0.25) is 0 Å². The summed E-state index contributed by atoms with van der Waals surface area (Å²) in [5.74, 6) is 0.137. The lowest BCUT2D eigenvalue weighted by molar-refractivity contribution is -0.146. The summed E-state index contributed by atoms with van der Waals surface area (Å²) in [5, 5.41) is 3.26. The number of halogens is 1. The van der Waals surface area contributed by atoms with Gasteiger partial charge in [0.05, 0.1) is 24.4 Å². The Kier molecular flexibility index (Phi) is 4.82. The van der Waals surface area contributed by atoms with Crippen LogP contribution in [-0.2, 0) is 9.53 Å². The summed E-state index contributed by atoms with van der Waals surface area (Å²) in [5.41, 5.74) is 6.94. The first kappa shape index (κ1) is 14.6. The minimum atomic E-state index is -0.327. The molecule has 0 unspecified atom stereocenters. The van der Waals surface area contributed by atoms with Gasteiger partial charge < -0.3 is 15.8 Å². The van der Waals surface area contributed by atoms with E-state index >= 15 is 0 Å². The molecule has 0 amide bonds. The molecule has 20 heavy (non-hydrogen) atoms. The summed E-state index contributed by atoms with van der Waals surface area (Å²) in [7, 11) is 1.44. The Hall–Kier alpha value is -1.78. The second-order valence-corrected chi connectivity index (χ2v) is 5.35. The molecule has 0 aliphatic heterocycles. The number of benzene rings is 1. The van der Waals surface area contributed by atoms with Crippen LogP contribution in [0.5, 0.6) is 0 Å². The zero-order valence-corrected chi connectivity index (χ0v) is 11.7. The van der Waals surface area contributed by atoms with E-state index in [0.29, 0.717) is 11.6 Å². The predicted molar refractivity (Wildman–Crippen MR) is 76.8 cm³/mol. The van der Waals surface area contributed by atoms with Gasteiger partial charge in [-0.05, 0) is 49.8 Å². The maximum atomic E-state index is 12.9. The number of esters is 1. The van der Waals surface area contributed by atoms with Gasteiger partial charge in [-0.2, -0.15) is 0 Å². The Balaban J connectivity index is 1.80. The fraction of sp³-hybridized carbons (Fsp3) is 0.533. The van der Waals surface area contributed by atoms with Crippen molar-refractivity contribution in [3.8, 4) is 0 Å². The standard InChI is InChI=1S/C15H21FN2O2/c1-20-15(19)11-4-2-10(3-5-11)9-18-14-7-6-12(16)8-13(14)17/h6-8,10-11,18H,2-5,9,17H2,1H3/t10-,11-. The van der Waals surface area contributed by atoms with E-state index in [0.717, 1.165) is 37.9 Å². The number of ether oxygens (including phenoxy) is 1. The molecule has 1 fully saturated rings. The van der Waals surface area contributed by atoms with Gasteiger partial charge in [0.1, 0.15) is 5.82 Å². The van der Waals surface area contributed by atoms with Gasteiger partial charge >= 0.3 is 5.97 Å². The van der Waals surface area contributed by atoms with Gasteiger partial charge in [-0.15, -0.1) is 0 Å². The van der Waals surface area contributed by atoms with Crippen molar-refractivity contribution in [2.24, 2.45) is 11.8 Å². The third-order valence-corrected chi connectivity index (χ3v) is 3.98. The molecule has 1 saturated carbocycles. The van der Waals surface area contributed by atoms with Crippen LogP contribution in [0.25, 0.3) is 0 Å². The SMILES string of the molecule is COC(=O)[C@H]1CC[C@H](CNc2ccc(F)cc2N)CC1. The van der Waals surface area contributed by atoms with Crippen LogP contribution in [0, 0.1) is 17.7 Å². The van der Waals surface area contributed by atoms with Crippen LogP contribution in [0.1, 0.15) is 25.7 Å². The van der Waals surface area contributed by atoms with Crippen molar-refractivity contribution in [2.45, 2.75) is 25.7 Å². The topological polar surface area (TPSA) is 64.3 Å². The Morgan fingerprint density at radius 3 is 2.70 bits per heavy atom. The molecule has 1 aromatic carbocycles. The molecule has 0 atom stereocenters. The zero-order valence-electron chi connectivity index (χ0n) is 11.7. The van der Waals surface area contributed by atoms with E-state index in [4.69, 9.17) is 10.5 Å². The van der Waals surface area contributed by atoms with Crippen LogP contribution in [-0.4, -0.2) is 19.6 Å². The lowest BCUT2D eigenvalue weighted by Crippen LogP contribution is -2.26. The van der Waals surface area contributed by atoms with E-state index in [2.05, 4.69) is 5.32 Å². The van der Waals surface area contributed by atoms with E-state index in [1.54, 1.807) is 6.07 Å². The fourth-order valence-electron chi connectivity index (χ4n) is 2.72. The van der Waals surface area contributed by atoms with Crippen LogP contribution >= 0.6 is 0 Å². The van der Waals surface area contributed by atoms with Gasteiger partial charge in [0.25, 0.3) is 0 Å². The highest BCUT2D eigenvalue weighted by Crippen LogP contribution is 2.30. The third-order valence-electron chi connectivity index (χ3n) is 3.98. The van der Waals surface area contributed by atoms with Crippen molar-refractivity contribution >= 4 is 17.3 Å². The van der Waals surface area contributed by atoms with Gasteiger partial charge in [-0.25, -0.2) is 4.39 Å². The normalized spacial score (nSPS) is 22.3. The quantitative estimate of drug-likeness (QED) is 0.657. The number of carbonyl (C=O) groups excluding carboxylic acids is 1. The highest BCUT2D eigenvalue weighted by molar-refractivity contribution is 5.72. The molecule has 110 valence electrons. The number of nitrogen functional groups attached to an aromatic ring is 1. The summed E-state index contributed by atoms with van der Waals surface area (Å²) >= 11 is 0. The molecule has 0 heterocycles. The molecule has 0 spiro atoms. The molecule has 3 N–H and O–H groups in total. The van der Waals surface area contributed by atoms with Gasteiger partial charge in [-0.1, -0.05) is 0 Å². The van der Waals surface area contributed by atoms with Crippen molar-refractivity contribution in [3.05, 3.63) is 24.0 Å². The molecule has 1 aliphatic rings. The number of hydrogen-bond donors (Lipinski definition) is 2. The number of nitrogens with two attached hydrogens (primary N) is 1. The van der Waals surface area contributed by atoms with Crippen LogP contribution in [0.15, 0.2) is 18.2 Å². The largest absolute Gasteiger partial charge is 0.469 e. The Bertz CT molecular complexity index is 471. The first-order chi connectivity index (χ1) is 9.60. The van der Waals surface area contributed by atoms with Crippen molar-refractivity contribution in [2.75, 3.05) is 24.7 Å². The van der Waals surface area contributed by atoms with Gasteiger partial charge in [0.15, 0.2) is 0 Å². The third kappa shape index (κ3) is 3.62. The highest BCUT2D eigenvalue weighted by atomic mass is 19.1. The lowest BCUT2D eigenvalue weighted by Gasteiger charge is -2.27. The summed E-state index contributed by atoms with van der Waals surface area (Å²) < 4.78 is 17.7. The first-order valence-corrected chi connectivity index (χ1v) is 6.97. The number of carbonyl (C=O) groups is 1. The number of hydrogen-bond acceptors (Lipinski definition) is 4. The second-order valence-electron chi connectivity index (χ2n) is 5.35. The maximum absolute atomic E-state index is 12.9. The van der Waals surface area contributed by atoms with E-state index < -0.39 is 0 Å². The van der Waals surface area contributed by atoms with Crippen molar-refractivity contribution in [3.63, 3.8) is 0 Å². The van der Waals surface area contributed by atoms with Crippen molar-refractivity contribution in [1.82, 2.24) is 0 Å². The van der Waals surface area contributed by atoms with Gasteiger partial charge in [0, 0.05) is 6.54 Å². The van der Waals surface area contributed by atoms with Gasteiger partial charge in [-0.3, -0.25) is 4.79 Å². The summed E-state index contributed by atoms with van der Waals surface area (Å²) in [6.45, 7) is 0.795. The van der Waals surface area contributed by atoms with Crippen LogP contribution in [0.3, 0.4) is 0 Å². The molecule has 4 nitrogen and oxygen atoms in total. The van der Waals surface area contributed by atoms with Crippen LogP contribution < -0.4 is 11.1 Å². The molecule has 0 radical (unpaired) electrons. The number of rotatable bonds is 4. The Labute approximate surface area is 118 Å². The molecule has 0 saturated heterocycles. The zero-order chi connectivity index (χ0) is 14.5. The smallest absolute Gasteiger partial charge is 0.308 e. The minimum Gasteiger partial charge on any atom is -0.469 e. The van der Waals surface area contributed by atoms with Crippen molar-refractivity contribution in [1.29, 1.82) is 0 Å². The first-order valence-electron chi connectivity index (χ1n) is 6.97. The lowest BCUT2D eigenvalue weighted by atomic mass is 9.82. The van der Waals surface area contributed by atoms with E-state index in [1.165, 1.54) is 19.2 Å². The van der Waals surface area contributed by atoms with E-state index in [1.807, 2.05) is 0 Å². The molecular weight excluding hydrogens is 259 g/mol. The molecule has 0 bridgehead atoms. The number of nitrogens with one attached hydrogen (secondary N) is 1. The monoisotopic (exact) mass is 280 g/mol. The van der Waals surface area contributed by atoms with E-state index in [9.17, 15) is 9.18 Å². The minimum absolute atomic E-state index is 0.0483. The average molecular weight is 280 g/mol. The Morgan fingerprint density at radius 2 is 2.10 bits per heavy atom. The maximum Gasteiger partial charge on any atom is 0.308 e. The summed E-state index contributed by atoms with van der Waals surface area (Å²) in [6, 6.07) is 4.37. The molecule has 1 aromatic rings. The summed E-state index contributed by atoms with van der Waals surface area (Å²) in [4.78, 5) is 11.4. The molecule has 5 heteroatoms. The Morgan fingerprint density at radius 1 is 1.40 bits per heavy atom. The molecular formula is C15H21FN2O2. The summed E-state index contributed by atoms with van der Waals surface area (Å²) in [6.07, 6.45) is 3.73. The van der Waals surface area contributed by atoms with Crippen LogP contribution in [0.2, 0.25) is 0 Å². The second kappa shape index (κ2) is 6.59. The fourth-order valence-corrected chi connectivity index (χ4v) is 2.72. The molecule has 1 aliphatic carbocycles. The average Bonchev–Trinajstić information content (AvgIpc) is 2.46. The number of methoxy groups -OCH3 is 1. The van der Waals surface area contributed by atoms with Crippen LogP contribution in [0.4, 0.5) is 15.8 Å². The molecule has 0 aromatic heterocycles. The van der Waals surface area contributed by atoms with E-state index in [-0.39, 0.29) is 17.7 Å². The highest BCUT2D eigenvalue weighted by Gasteiger charge is 2.26.